The van der Waals surface area contributed by atoms with Gasteiger partial charge in [0.1, 0.15) is 5.82 Å². The van der Waals surface area contributed by atoms with Gasteiger partial charge in [0, 0.05) is 45.6 Å². The predicted octanol–water partition coefficient (Wildman–Crippen LogP) is 1.69. The molecule has 1 aliphatic carbocycles. The van der Waals surface area contributed by atoms with Crippen LogP contribution in [0.4, 0.5) is 0 Å². The minimum atomic E-state index is 0.114. The van der Waals surface area contributed by atoms with Crippen molar-refractivity contribution in [3.8, 4) is 0 Å². The normalized spacial score (nSPS) is 21.6. The molecule has 2 heterocycles. The zero-order valence-electron chi connectivity index (χ0n) is 14.5. The summed E-state index contributed by atoms with van der Waals surface area (Å²) in [5, 5.41) is 8.65. The Labute approximate surface area is 138 Å². The van der Waals surface area contributed by atoms with E-state index in [2.05, 4.69) is 33.2 Å². The molecule has 2 aliphatic rings. The first-order valence-corrected chi connectivity index (χ1v) is 8.47. The van der Waals surface area contributed by atoms with Crippen LogP contribution in [-0.2, 0) is 18.4 Å². The molecule has 1 aromatic heterocycles. The molecule has 0 unspecified atom stereocenters. The second-order valence-corrected chi connectivity index (χ2v) is 7.09. The van der Waals surface area contributed by atoms with E-state index in [1.54, 1.807) is 6.92 Å². The van der Waals surface area contributed by atoms with E-state index in [9.17, 15) is 4.79 Å². The van der Waals surface area contributed by atoms with Gasteiger partial charge in [0.2, 0.25) is 5.91 Å². The first kappa shape index (κ1) is 16.2. The third-order valence-corrected chi connectivity index (χ3v) is 4.84. The minimum Gasteiger partial charge on any atom is -0.331 e. The van der Waals surface area contributed by atoms with E-state index in [1.807, 2.05) is 11.9 Å². The van der Waals surface area contributed by atoms with Crippen LogP contribution in [0.5, 0.6) is 0 Å². The van der Waals surface area contributed by atoms with Gasteiger partial charge in [-0.25, -0.2) is 0 Å². The third-order valence-electron chi connectivity index (χ3n) is 4.84. The van der Waals surface area contributed by atoms with Crippen molar-refractivity contribution >= 4 is 5.91 Å². The molecule has 23 heavy (non-hydrogen) atoms. The van der Waals surface area contributed by atoms with Crippen LogP contribution < -0.4 is 0 Å². The lowest BCUT2D eigenvalue weighted by molar-refractivity contribution is -0.131. The highest BCUT2D eigenvalue weighted by molar-refractivity contribution is 5.73. The molecule has 0 bridgehead atoms. The molecule has 0 aromatic carbocycles. The first-order valence-electron chi connectivity index (χ1n) is 8.47. The number of rotatable bonds is 6. The molecule has 1 saturated heterocycles. The molecular weight excluding hydrogens is 290 g/mol. The van der Waals surface area contributed by atoms with E-state index < -0.39 is 0 Å². The summed E-state index contributed by atoms with van der Waals surface area (Å²) in [6.45, 7) is 11.1. The van der Waals surface area contributed by atoms with E-state index in [0.29, 0.717) is 12.5 Å². The highest BCUT2D eigenvalue weighted by atomic mass is 16.2. The van der Waals surface area contributed by atoms with Crippen LogP contribution >= 0.6 is 0 Å². The van der Waals surface area contributed by atoms with E-state index in [1.165, 1.54) is 18.4 Å². The maximum atomic E-state index is 12.2. The number of aromatic nitrogens is 3. The van der Waals surface area contributed by atoms with Gasteiger partial charge in [0.25, 0.3) is 0 Å². The molecule has 0 radical (unpaired) electrons. The quantitative estimate of drug-likeness (QED) is 0.749. The SMILES string of the molecule is C=C(C)CN1CC[C@@H](N(Cc2nnc(C3CC3)n2C)C(C)=O)C1. The molecule has 1 aromatic rings. The van der Waals surface area contributed by atoms with Gasteiger partial charge in [-0.3, -0.25) is 9.69 Å². The monoisotopic (exact) mass is 317 g/mol. The Morgan fingerprint density at radius 2 is 2.04 bits per heavy atom. The number of amides is 1. The average Bonchev–Trinajstić information content (AvgIpc) is 3.11. The Hall–Kier alpha value is -1.69. The van der Waals surface area contributed by atoms with Crippen LogP contribution in [0.3, 0.4) is 0 Å². The minimum absolute atomic E-state index is 0.114. The molecule has 1 atom stereocenters. The summed E-state index contributed by atoms with van der Waals surface area (Å²) in [4.78, 5) is 16.5. The number of nitrogens with zero attached hydrogens (tertiary/aromatic N) is 5. The largest absolute Gasteiger partial charge is 0.331 e. The molecule has 1 amide bonds. The fourth-order valence-electron chi connectivity index (χ4n) is 3.45. The Morgan fingerprint density at radius 3 is 2.65 bits per heavy atom. The molecule has 126 valence electrons. The van der Waals surface area contributed by atoms with E-state index in [-0.39, 0.29) is 11.9 Å². The summed E-state index contributed by atoms with van der Waals surface area (Å²) in [7, 11) is 2.02. The van der Waals surface area contributed by atoms with Gasteiger partial charge in [-0.15, -0.1) is 10.2 Å². The van der Waals surface area contributed by atoms with Crippen molar-refractivity contribution in [3.63, 3.8) is 0 Å². The number of hydrogen-bond donors (Lipinski definition) is 0. The Bertz CT molecular complexity index is 604. The van der Waals surface area contributed by atoms with Crippen molar-refractivity contribution < 1.29 is 4.79 Å². The molecule has 0 N–H and O–H groups in total. The van der Waals surface area contributed by atoms with Crippen LogP contribution in [-0.4, -0.2) is 56.1 Å². The van der Waals surface area contributed by atoms with Gasteiger partial charge in [0.15, 0.2) is 5.82 Å². The Morgan fingerprint density at radius 1 is 1.30 bits per heavy atom. The molecular formula is C17H27N5O. The highest BCUT2D eigenvalue weighted by Gasteiger charge is 2.32. The third kappa shape index (κ3) is 3.63. The maximum Gasteiger partial charge on any atom is 0.220 e. The number of likely N-dealkylation sites (tertiary alicyclic amines) is 1. The van der Waals surface area contributed by atoms with Crippen LogP contribution in [0, 0.1) is 0 Å². The van der Waals surface area contributed by atoms with Gasteiger partial charge >= 0.3 is 0 Å². The fourth-order valence-corrected chi connectivity index (χ4v) is 3.45. The standard InChI is InChI=1S/C17H27N5O/c1-12(2)9-21-8-7-15(10-21)22(13(3)23)11-16-18-19-17(20(16)4)14-5-6-14/h14-15H,1,5-11H2,2-4H3/t15-/m1/s1. The second-order valence-electron chi connectivity index (χ2n) is 7.09. The number of carbonyl (C=O) groups excluding carboxylic acids is 1. The maximum absolute atomic E-state index is 12.2. The lowest BCUT2D eigenvalue weighted by Gasteiger charge is -2.27. The summed E-state index contributed by atoms with van der Waals surface area (Å²) in [5.41, 5.74) is 1.17. The van der Waals surface area contributed by atoms with Crippen LogP contribution in [0.2, 0.25) is 0 Å². The van der Waals surface area contributed by atoms with Crippen molar-refractivity contribution in [2.75, 3.05) is 19.6 Å². The number of carbonyl (C=O) groups is 1. The first-order chi connectivity index (χ1) is 11.0. The van der Waals surface area contributed by atoms with Crippen LogP contribution in [0.25, 0.3) is 0 Å². The van der Waals surface area contributed by atoms with Crippen molar-refractivity contribution in [2.24, 2.45) is 7.05 Å². The summed E-state index contributed by atoms with van der Waals surface area (Å²) in [6.07, 6.45) is 3.43. The molecule has 2 fully saturated rings. The molecule has 0 spiro atoms. The van der Waals surface area contributed by atoms with Crippen LogP contribution in [0.15, 0.2) is 12.2 Å². The predicted molar refractivity (Wildman–Crippen MR) is 88.9 cm³/mol. The second kappa shape index (κ2) is 6.43. The van der Waals surface area contributed by atoms with Crippen molar-refractivity contribution in [1.29, 1.82) is 0 Å². The summed E-state index contributed by atoms with van der Waals surface area (Å²) in [6, 6.07) is 0.257. The smallest absolute Gasteiger partial charge is 0.220 e. The van der Waals surface area contributed by atoms with Crippen LogP contribution in [0.1, 0.15) is 50.7 Å². The van der Waals surface area contributed by atoms with Gasteiger partial charge in [0.05, 0.1) is 6.54 Å². The summed E-state index contributed by atoms with van der Waals surface area (Å²) >= 11 is 0. The molecule has 3 rings (SSSR count). The van der Waals surface area contributed by atoms with Gasteiger partial charge < -0.3 is 9.47 Å². The van der Waals surface area contributed by atoms with Gasteiger partial charge in [-0.05, 0) is 26.2 Å². The average molecular weight is 317 g/mol. The summed E-state index contributed by atoms with van der Waals surface area (Å²) in [5.74, 6) is 2.65. The Kier molecular flexibility index (Phi) is 4.53. The highest BCUT2D eigenvalue weighted by Crippen LogP contribution is 2.38. The van der Waals surface area contributed by atoms with E-state index in [0.717, 1.165) is 37.7 Å². The molecule has 1 aliphatic heterocycles. The zero-order chi connectivity index (χ0) is 16.6. The zero-order valence-corrected chi connectivity index (χ0v) is 14.5. The van der Waals surface area contributed by atoms with E-state index in [4.69, 9.17) is 0 Å². The fraction of sp³-hybridized carbons (Fsp3) is 0.706. The van der Waals surface area contributed by atoms with Crippen molar-refractivity contribution in [3.05, 3.63) is 23.8 Å². The summed E-state index contributed by atoms with van der Waals surface area (Å²) < 4.78 is 2.08. The van der Waals surface area contributed by atoms with Crippen molar-refractivity contribution in [2.45, 2.75) is 51.6 Å². The topological polar surface area (TPSA) is 54.3 Å². The number of hydrogen-bond acceptors (Lipinski definition) is 4. The van der Waals surface area contributed by atoms with Crippen molar-refractivity contribution in [1.82, 2.24) is 24.6 Å². The lowest BCUT2D eigenvalue weighted by atomic mass is 10.2. The van der Waals surface area contributed by atoms with Gasteiger partial charge in [-0.2, -0.15) is 0 Å². The Balaban J connectivity index is 1.68. The van der Waals surface area contributed by atoms with E-state index >= 15 is 0 Å². The molecule has 6 nitrogen and oxygen atoms in total. The van der Waals surface area contributed by atoms with Gasteiger partial charge in [-0.1, -0.05) is 12.2 Å². The molecule has 1 saturated carbocycles. The lowest BCUT2D eigenvalue weighted by Crippen LogP contribution is -2.41. The molecule has 6 heteroatoms.